The maximum atomic E-state index is 12.3. The number of aliphatic imine (C=N–C) groups is 1. The summed E-state index contributed by atoms with van der Waals surface area (Å²) in [6.45, 7) is 5.08. The lowest BCUT2D eigenvalue weighted by atomic mass is 10.1. The summed E-state index contributed by atoms with van der Waals surface area (Å²) in [5.41, 5.74) is 1.94. The van der Waals surface area contributed by atoms with Crippen LogP contribution in [0, 0.1) is 0 Å². The van der Waals surface area contributed by atoms with E-state index in [9.17, 15) is 4.79 Å². The molecule has 1 amide bonds. The van der Waals surface area contributed by atoms with Gasteiger partial charge in [-0.25, -0.2) is 0 Å². The molecule has 1 aromatic rings. The quantitative estimate of drug-likeness (QED) is 0.583. The van der Waals surface area contributed by atoms with Gasteiger partial charge in [0, 0.05) is 37.6 Å². The fraction of sp³-hybridized carbons (Fsp3) is 0.632. The van der Waals surface area contributed by atoms with Gasteiger partial charge in [-0.05, 0) is 64.5 Å². The first-order chi connectivity index (χ1) is 12.1. The zero-order chi connectivity index (χ0) is 18.5. The molecule has 0 aliphatic heterocycles. The minimum Gasteiger partial charge on any atom is -0.394 e. The molecule has 0 bridgehead atoms. The van der Waals surface area contributed by atoms with Gasteiger partial charge in [0.2, 0.25) is 5.91 Å². The summed E-state index contributed by atoms with van der Waals surface area (Å²) in [4.78, 5) is 24.9. The third-order valence-electron chi connectivity index (χ3n) is 3.90. The fourth-order valence-electron chi connectivity index (χ4n) is 2.56. The molecule has 0 aromatic carbocycles. The number of hydrogen-bond acceptors (Lipinski definition) is 5. The van der Waals surface area contributed by atoms with E-state index >= 15 is 0 Å². The molecule has 0 aliphatic carbocycles. The third kappa shape index (κ3) is 9.31. The Morgan fingerprint density at radius 1 is 1.32 bits per heavy atom. The Bertz CT molecular complexity index is 532. The molecule has 25 heavy (non-hydrogen) atoms. The van der Waals surface area contributed by atoms with Crippen LogP contribution in [-0.4, -0.2) is 78.9 Å². The number of aliphatic hydroxyl groups excluding tert-OH is 1. The monoisotopic (exact) mass is 348 g/mol. The molecule has 1 heterocycles. The van der Waals surface area contributed by atoms with Crippen LogP contribution in [0.3, 0.4) is 0 Å². The van der Waals surface area contributed by atoms with Gasteiger partial charge in [-0.15, -0.1) is 0 Å². The van der Waals surface area contributed by atoms with Gasteiger partial charge in [0.15, 0.2) is 0 Å². The molecular weight excluding hydrogens is 316 g/mol. The minimum atomic E-state index is 0.0546. The Balaban J connectivity index is 2.39. The molecule has 0 unspecified atom stereocenters. The summed E-state index contributed by atoms with van der Waals surface area (Å²) in [7, 11) is 4.10. The van der Waals surface area contributed by atoms with Gasteiger partial charge in [-0.3, -0.25) is 14.8 Å². The molecule has 0 aliphatic rings. The Hall–Kier alpha value is -1.79. The maximum absolute atomic E-state index is 12.3. The second-order valence-corrected chi connectivity index (χ2v) is 6.32. The molecule has 0 fully saturated rings. The zero-order valence-electron chi connectivity index (χ0n) is 15.8. The van der Waals surface area contributed by atoms with Crippen molar-refractivity contribution in [1.82, 2.24) is 14.8 Å². The van der Waals surface area contributed by atoms with Crippen LogP contribution >= 0.6 is 0 Å². The molecule has 0 saturated heterocycles. The molecule has 1 N–H and O–H groups in total. The summed E-state index contributed by atoms with van der Waals surface area (Å²) in [5.74, 6) is 0.224. The first kappa shape index (κ1) is 21.3. The number of aryl methyl sites for hydroxylation is 1. The molecule has 6 heteroatoms. The van der Waals surface area contributed by atoms with E-state index in [2.05, 4.69) is 14.9 Å². The molecule has 0 spiro atoms. The largest absolute Gasteiger partial charge is 0.394 e. The van der Waals surface area contributed by atoms with E-state index in [1.165, 1.54) is 0 Å². The van der Waals surface area contributed by atoms with E-state index in [0.717, 1.165) is 50.2 Å². The Morgan fingerprint density at radius 2 is 2.12 bits per heavy atom. The highest BCUT2D eigenvalue weighted by atomic mass is 16.3. The molecule has 6 nitrogen and oxygen atoms in total. The number of amides is 1. The number of aromatic nitrogens is 1. The average molecular weight is 348 g/mol. The van der Waals surface area contributed by atoms with E-state index in [-0.39, 0.29) is 12.5 Å². The Morgan fingerprint density at radius 3 is 2.80 bits per heavy atom. The first-order valence-corrected chi connectivity index (χ1v) is 9.05. The van der Waals surface area contributed by atoms with Crippen LogP contribution in [0.4, 0.5) is 0 Å². The predicted octanol–water partition coefficient (Wildman–Crippen LogP) is 1.62. The lowest BCUT2D eigenvalue weighted by Gasteiger charge is -2.22. The van der Waals surface area contributed by atoms with Crippen molar-refractivity contribution < 1.29 is 9.90 Å². The molecule has 0 radical (unpaired) electrons. The van der Waals surface area contributed by atoms with E-state index in [1.54, 1.807) is 12.4 Å². The summed E-state index contributed by atoms with van der Waals surface area (Å²) >= 11 is 0. The van der Waals surface area contributed by atoms with Gasteiger partial charge < -0.3 is 14.9 Å². The van der Waals surface area contributed by atoms with Crippen molar-refractivity contribution in [3.63, 3.8) is 0 Å². The number of pyridine rings is 1. The van der Waals surface area contributed by atoms with Crippen molar-refractivity contribution in [1.29, 1.82) is 0 Å². The van der Waals surface area contributed by atoms with Crippen molar-refractivity contribution >= 4 is 12.1 Å². The van der Waals surface area contributed by atoms with Gasteiger partial charge in [0.05, 0.1) is 13.2 Å². The van der Waals surface area contributed by atoms with Crippen molar-refractivity contribution in [2.45, 2.75) is 32.6 Å². The molecule has 0 saturated carbocycles. The van der Waals surface area contributed by atoms with Gasteiger partial charge >= 0.3 is 0 Å². The van der Waals surface area contributed by atoms with E-state index < -0.39 is 0 Å². The van der Waals surface area contributed by atoms with Gasteiger partial charge in [-0.2, -0.15) is 0 Å². The van der Waals surface area contributed by atoms with Crippen LogP contribution < -0.4 is 0 Å². The van der Waals surface area contributed by atoms with Crippen molar-refractivity contribution in [3.8, 4) is 0 Å². The maximum Gasteiger partial charge on any atom is 0.222 e. The fourth-order valence-corrected chi connectivity index (χ4v) is 2.56. The Labute approximate surface area is 151 Å². The van der Waals surface area contributed by atoms with Crippen LogP contribution in [0.2, 0.25) is 0 Å². The van der Waals surface area contributed by atoms with Gasteiger partial charge in [-0.1, -0.05) is 0 Å². The van der Waals surface area contributed by atoms with Crippen molar-refractivity contribution in [3.05, 3.63) is 29.6 Å². The van der Waals surface area contributed by atoms with Crippen LogP contribution in [0.1, 0.15) is 37.4 Å². The van der Waals surface area contributed by atoms with Crippen LogP contribution in [0.25, 0.3) is 0 Å². The summed E-state index contributed by atoms with van der Waals surface area (Å²) in [6.07, 6.45) is 6.65. The third-order valence-corrected chi connectivity index (χ3v) is 3.90. The smallest absolute Gasteiger partial charge is 0.222 e. The van der Waals surface area contributed by atoms with E-state index in [1.807, 2.05) is 38.1 Å². The average Bonchev–Trinajstić information content (AvgIpc) is 2.59. The topological polar surface area (TPSA) is 69.0 Å². The summed E-state index contributed by atoms with van der Waals surface area (Å²) < 4.78 is 0. The summed E-state index contributed by atoms with van der Waals surface area (Å²) in [6, 6.07) is 3.87. The molecule has 0 atom stereocenters. The number of aliphatic hydroxyl groups is 1. The number of carbonyl (C=O) groups is 1. The van der Waals surface area contributed by atoms with Gasteiger partial charge in [0.1, 0.15) is 0 Å². The molecular formula is C19H32N4O2. The highest BCUT2D eigenvalue weighted by Gasteiger charge is 2.11. The van der Waals surface area contributed by atoms with Crippen LogP contribution in [-0.2, 0) is 11.2 Å². The van der Waals surface area contributed by atoms with Crippen LogP contribution in [0.5, 0.6) is 0 Å². The molecule has 1 aromatic heterocycles. The minimum absolute atomic E-state index is 0.0546. The normalized spacial score (nSPS) is 11.4. The summed E-state index contributed by atoms with van der Waals surface area (Å²) in [5, 5.41) is 8.75. The lowest BCUT2D eigenvalue weighted by molar-refractivity contribution is -0.131. The van der Waals surface area contributed by atoms with E-state index in [0.29, 0.717) is 13.0 Å². The number of hydrogen-bond donors (Lipinski definition) is 1. The van der Waals surface area contributed by atoms with Gasteiger partial charge in [0.25, 0.3) is 0 Å². The molecule has 140 valence electrons. The second kappa shape index (κ2) is 12.6. The standard InChI is InChI=1S/C19H32N4O2/c1-4-23(13-6-12-22(2)3)19(25)8-5-7-18-15-17(9-10-21-18)16-20-11-14-24/h9-10,15-16,24H,4-8,11-14H2,1-3H3. The first-order valence-electron chi connectivity index (χ1n) is 9.05. The number of rotatable bonds is 12. The highest BCUT2D eigenvalue weighted by Crippen LogP contribution is 2.07. The molecule has 1 rings (SSSR count). The number of nitrogens with zero attached hydrogens (tertiary/aromatic N) is 4. The predicted molar refractivity (Wildman–Crippen MR) is 102 cm³/mol. The SMILES string of the molecule is CCN(CCCN(C)C)C(=O)CCCc1cc(C=NCCO)ccn1. The van der Waals surface area contributed by atoms with Crippen LogP contribution in [0.15, 0.2) is 23.3 Å². The van der Waals surface area contributed by atoms with E-state index in [4.69, 9.17) is 5.11 Å². The second-order valence-electron chi connectivity index (χ2n) is 6.32. The van der Waals surface area contributed by atoms with Crippen molar-refractivity contribution in [2.24, 2.45) is 4.99 Å². The highest BCUT2D eigenvalue weighted by molar-refractivity contribution is 5.79. The Kier molecular flexibility index (Phi) is 10.7. The van der Waals surface area contributed by atoms with Crippen molar-refractivity contribution in [2.75, 3.05) is 46.9 Å². The zero-order valence-corrected chi connectivity index (χ0v) is 15.8. The lowest BCUT2D eigenvalue weighted by Crippen LogP contribution is -2.33. The number of carbonyl (C=O) groups excluding carboxylic acids is 1.